The quantitative estimate of drug-likeness (QED) is 0.269. The monoisotopic (exact) mass is 516 g/mol. The fourth-order valence-electron chi connectivity index (χ4n) is 4.57. The second-order valence-corrected chi connectivity index (χ2v) is 10.6. The van der Waals surface area contributed by atoms with Gasteiger partial charge in [-0.2, -0.15) is 0 Å². The first-order valence-electron chi connectivity index (χ1n) is 13.3. The molecule has 0 aliphatic heterocycles. The number of carbonyl (C=O) groups excluding carboxylic acids is 1. The Balaban J connectivity index is 2.02. The van der Waals surface area contributed by atoms with Crippen LogP contribution in [-0.2, 0) is 11.2 Å². The van der Waals surface area contributed by atoms with Crippen molar-refractivity contribution in [3.8, 4) is 16.9 Å². The Labute approximate surface area is 226 Å². The molecule has 0 aromatic heterocycles. The van der Waals surface area contributed by atoms with Gasteiger partial charge in [0.15, 0.2) is 0 Å². The number of rotatable bonds is 12. The second kappa shape index (κ2) is 13.1. The molecule has 0 bridgehead atoms. The van der Waals surface area contributed by atoms with Gasteiger partial charge in [-0.05, 0) is 72.7 Å². The number of carboxylic acid groups (broad SMARTS) is 1. The second-order valence-electron chi connectivity index (χ2n) is 10.6. The van der Waals surface area contributed by atoms with Crippen LogP contribution in [0.5, 0.6) is 5.75 Å². The molecule has 6 nitrogen and oxygen atoms in total. The fraction of sp³-hybridized carbons (Fsp3) is 0.375. The van der Waals surface area contributed by atoms with E-state index < -0.39 is 5.97 Å². The molecule has 0 aliphatic carbocycles. The Kier molecular flexibility index (Phi) is 9.94. The van der Waals surface area contributed by atoms with Gasteiger partial charge < -0.3 is 20.1 Å². The van der Waals surface area contributed by atoms with E-state index in [0.717, 1.165) is 41.2 Å². The van der Waals surface area contributed by atoms with Crippen LogP contribution >= 0.6 is 0 Å². The highest BCUT2D eigenvalue weighted by Crippen LogP contribution is 2.35. The van der Waals surface area contributed by atoms with Crippen molar-refractivity contribution in [2.24, 2.45) is 11.8 Å². The Hall–Kier alpha value is -3.80. The molecule has 0 unspecified atom stereocenters. The van der Waals surface area contributed by atoms with Crippen molar-refractivity contribution >= 4 is 23.3 Å². The topological polar surface area (TPSA) is 78.9 Å². The molecular weight excluding hydrogens is 476 g/mol. The van der Waals surface area contributed by atoms with Gasteiger partial charge >= 0.3 is 5.97 Å². The van der Waals surface area contributed by atoms with Crippen LogP contribution in [-0.4, -0.2) is 36.7 Å². The number of carbonyl (C=O) groups is 2. The van der Waals surface area contributed by atoms with Crippen molar-refractivity contribution in [3.05, 3.63) is 77.4 Å². The molecule has 38 heavy (non-hydrogen) atoms. The van der Waals surface area contributed by atoms with Gasteiger partial charge in [-0.25, -0.2) is 4.79 Å². The zero-order valence-corrected chi connectivity index (χ0v) is 23.4. The van der Waals surface area contributed by atoms with E-state index >= 15 is 0 Å². The highest BCUT2D eigenvalue weighted by Gasteiger charge is 2.19. The average Bonchev–Trinajstić information content (AvgIpc) is 2.84. The van der Waals surface area contributed by atoms with E-state index in [9.17, 15) is 14.7 Å². The van der Waals surface area contributed by atoms with E-state index in [4.69, 9.17) is 4.74 Å². The van der Waals surface area contributed by atoms with Crippen LogP contribution in [0.2, 0.25) is 0 Å². The van der Waals surface area contributed by atoms with Crippen molar-refractivity contribution < 1.29 is 19.4 Å². The van der Waals surface area contributed by atoms with Crippen LogP contribution in [0.1, 0.15) is 56.1 Å². The molecule has 2 N–H and O–H groups in total. The van der Waals surface area contributed by atoms with Crippen LogP contribution in [0.25, 0.3) is 11.1 Å². The third kappa shape index (κ3) is 7.85. The van der Waals surface area contributed by atoms with Crippen LogP contribution in [0.3, 0.4) is 0 Å². The highest BCUT2D eigenvalue weighted by molar-refractivity contribution is 5.99. The minimum Gasteiger partial charge on any atom is -0.494 e. The molecule has 0 radical (unpaired) electrons. The predicted molar refractivity (Wildman–Crippen MR) is 155 cm³/mol. The third-order valence-electron chi connectivity index (χ3n) is 6.10. The largest absolute Gasteiger partial charge is 0.494 e. The van der Waals surface area contributed by atoms with Crippen LogP contribution in [0.4, 0.5) is 11.4 Å². The van der Waals surface area contributed by atoms with Gasteiger partial charge in [-0.15, -0.1) is 0 Å². The first kappa shape index (κ1) is 28.8. The predicted octanol–water partition coefficient (Wildman–Crippen LogP) is 7.06. The van der Waals surface area contributed by atoms with Gasteiger partial charge in [0.1, 0.15) is 5.75 Å². The summed E-state index contributed by atoms with van der Waals surface area (Å²) >= 11 is 0. The number of carboxylic acids is 1. The number of hydrogen-bond acceptors (Lipinski definition) is 4. The summed E-state index contributed by atoms with van der Waals surface area (Å²) in [5.41, 5.74) is 5.08. The lowest BCUT2D eigenvalue weighted by atomic mass is 9.96. The normalized spacial score (nSPS) is 11.1. The minimum absolute atomic E-state index is 0.135. The molecule has 0 saturated carbocycles. The molecule has 0 saturated heterocycles. The molecule has 0 aliphatic rings. The maximum atomic E-state index is 13.2. The smallest absolute Gasteiger partial charge is 0.336 e. The van der Waals surface area contributed by atoms with Crippen molar-refractivity contribution in [1.82, 2.24) is 0 Å². The van der Waals surface area contributed by atoms with Crippen molar-refractivity contribution in [3.63, 3.8) is 0 Å². The van der Waals surface area contributed by atoms with Gasteiger partial charge in [0.2, 0.25) is 5.91 Å². The van der Waals surface area contributed by atoms with Crippen LogP contribution < -0.4 is 15.0 Å². The lowest BCUT2D eigenvalue weighted by Crippen LogP contribution is -2.32. The van der Waals surface area contributed by atoms with Gasteiger partial charge in [-0.1, -0.05) is 63.6 Å². The van der Waals surface area contributed by atoms with E-state index in [-0.39, 0.29) is 17.9 Å². The number of nitrogens with zero attached hydrogens (tertiary/aromatic N) is 1. The van der Waals surface area contributed by atoms with Crippen molar-refractivity contribution in [1.29, 1.82) is 0 Å². The Morgan fingerprint density at radius 3 is 2.16 bits per heavy atom. The highest BCUT2D eigenvalue weighted by atomic mass is 16.5. The summed E-state index contributed by atoms with van der Waals surface area (Å²) in [4.78, 5) is 27.5. The van der Waals surface area contributed by atoms with Crippen molar-refractivity contribution in [2.75, 3.05) is 29.9 Å². The Morgan fingerprint density at radius 1 is 0.921 bits per heavy atom. The molecule has 202 valence electrons. The molecule has 0 heterocycles. The Morgan fingerprint density at radius 2 is 1.58 bits per heavy atom. The van der Waals surface area contributed by atoms with E-state index in [1.807, 2.05) is 62.4 Å². The first-order chi connectivity index (χ1) is 18.1. The SMILES string of the molecule is CCOc1ccc(CC(=O)Nc2cc(-c3cc(C)ccc3C(=O)O)ccc2N(CC(C)C)CC(C)C)cc1. The molecule has 3 aromatic carbocycles. The van der Waals surface area contributed by atoms with E-state index in [1.165, 1.54) is 0 Å². The number of nitrogens with one attached hydrogen (secondary N) is 1. The summed E-state index contributed by atoms with van der Waals surface area (Å²) in [7, 11) is 0. The lowest BCUT2D eigenvalue weighted by molar-refractivity contribution is -0.115. The average molecular weight is 517 g/mol. The maximum absolute atomic E-state index is 13.2. The number of aromatic carboxylic acids is 1. The number of amides is 1. The molecule has 0 fully saturated rings. The first-order valence-corrected chi connectivity index (χ1v) is 13.3. The fourth-order valence-corrected chi connectivity index (χ4v) is 4.57. The van der Waals surface area contributed by atoms with Gasteiger partial charge in [-0.3, -0.25) is 4.79 Å². The number of hydrogen-bond donors (Lipinski definition) is 2. The summed E-state index contributed by atoms with van der Waals surface area (Å²) in [6, 6.07) is 18.7. The number of anilines is 2. The van der Waals surface area contributed by atoms with E-state index in [2.05, 4.69) is 37.9 Å². The van der Waals surface area contributed by atoms with Gasteiger partial charge in [0.05, 0.1) is 30.0 Å². The molecule has 0 spiro atoms. The zero-order valence-electron chi connectivity index (χ0n) is 23.4. The molecule has 1 amide bonds. The summed E-state index contributed by atoms with van der Waals surface area (Å²) in [6.07, 6.45) is 0.218. The van der Waals surface area contributed by atoms with Crippen LogP contribution in [0.15, 0.2) is 60.7 Å². The third-order valence-corrected chi connectivity index (χ3v) is 6.10. The molecular formula is C32H40N2O4. The molecule has 6 heteroatoms. The molecule has 3 aromatic rings. The Bertz CT molecular complexity index is 1240. The number of ether oxygens (including phenoxy) is 1. The lowest BCUT2D eigenvalue weighted by Gasteiger charge is -2.31. The van der Waals surface area contributed by atoms with Crippen molar-refractivity contribution in [2.45, 2.75) is 48.0 Å². The molecule has 0 atom stereocenters. The van der Waals surface area contributed by atoms with Crippen LogP contribution in [0, 0.1) is 18.8 Å². The number of benzene rings is 3. The van der Waals surface area contributed by atoms with E-state index in [1.54, 1.807) is 12.1 Å². The zero-order chi connectivity index (χ0) is 27.8. The standard InChI is InChI=1S/C32H40N2O4/c1-7-38-26-12-9-24(10-13-26)17-31(35)33-29-18-25(28-16-23(6)8-14-27(28)32(36)37)11-15-30(29)34(19-21(2)3)20-22(4)5/h8-16,18,21-22H,7,17,19-20H2,1-6H3,(H,33,35)(H,36,37). The molecule has 3 rings (SSSR count). The van der Waals surface area contributed by atoms with Gasteiger partial charge in [0.25, 0.3) is 0 Å². The minimum atomic E-state index is -0.980. The summed E-state index contributed by atoms with van der Waals surface area (Å²) in [6.45, 7) is 14.9. The summed E-state index contributed by atoms with van der Waals surface area (Å²) < 4.78 is 5.51. The maximum Gasteiger partial charge on any atom is 0.336 e. The summed E-state index contributed by atoms with van der Waals surface area (Å²) in [5, 5.41) is 12.9. The summed E-state index contributed by atoms with van der Waals surface area (Å²) in [5.74, 6) is 0.514. The van der Waals surface area contributed by atoms with Gasteiger partial charge in [0, 0.05) is 13.1 Å². The number of aryl methyl sites for hydroxylation is 1. The van der Waals surface area contributed by atoms with E-state index in [0.29, 0.717) is 29.7 Å².